The van der Waals surface area contributed by atoms with Gasteiger partial charge in [-0.2, -0.15) is 0 Å². The van der Waals surface area contributed by atoms with Gasteiger partial charge < -0.3 is 11.1 Å². The summed E-state index contributed by atoms with van der Waals surface area (Å²) < 4.78 is 27.2. The Kier molecular flexibility index (Phi) is 4.58. The molecule has 22 heavy (non-hydrogen) atoms. The first kappa shape index (κ1) is 16.1. The quantitative estimate of drug-likeness (QED) is 0.798. The number of carbonyl (C=O) groups is 1. The molecule has 4 N–H and O–H groups in total. The maximum Gasteiger partial charge on any atom is 0.316 e. The fourth-order valence-corrected chi connectivity index (χ4v) is 3.43. The molecule has 2 aromatic carbocycles. The van der Waals surface area contributed by atoms with Crippen LogP contribution in [-0.2, 0) is 10.0 Å². The standard InChI is InChI=1S/C14H14ClN3O3S/c1-9-7-10(15)5-6-13(9)22(20,21)18-12-4-2-3-11(8-12)17-14(16)19/h2-8,18H,1H3,(H3,16,17,19). The molecular formula is C14H14ClN3O3S. The van der Waals surface area contributed by atoms with Crippen molar-refractivity contribution in [1.29, 1.82) is 0 Å². The van der Waals surface area contributed by atoms with E-state index in [1.807, 2.05) is 0 Å². The third kappa shape index (κ3) is 3.90. The Labute approximate surface area is 133 Å². The summed E-state index contributed by atoms with van der Waals surface area (Å²) in [5, 5.41) is 2.84. The number of rotatable bonds is 4. The van der Waals surface area contributed by atoms with Crippen molar-refractivity contribution in [2.75, 3.05) is 10.0 Å². The molecule has 0 saturated heterocycles. The molecule has 0 atom stereocenters. The minimum absolute atomic E-state index is 0.130. The number of sulfonamides is 1. The van der Waals surface area contributed by atoms with E-state index in [0.717, 1.165) is 0 Å². The minimum atomic E-state index is -3.76. The van der Waals surface area contributed by atoms with Gasteiger partial charge in [-0.1, -0.05) is 17.7 Å². The van der Waals surface area contributed by atoms with E-state index in [1.54, 1.807) is 31.2 Å². The highest BCUT2D eigenvalue weighted by atomic mass is 35.5. The molecule has 0 radical (unpaired) electrons. The Morgan fingerprint density at radius 3 is 2.45 bits per heavy atom. The summed E-state index contributed by atoms with van der Waals surface area (Å²) in [5.74, 6) is 0. The second kappa shape index (κ2) is 6.25. The second-order valence-corrected chi connectivity index (χ2v) is 6.67. The highest BCUT2D eigenvalue weighted by Gasteiger charge is 2.17. The van der Waals surface area contributed by atoms with Crippen molar-refractivity contribution in [2.45, 2.75) is 11.8 Å². The zero-order chi connectivity index (χ0) is 16.3. The third-order valence-corrected chi connectivity index (χ3v) is 4.59. The van der Waals surface area contributed by atoms with Crippen LogP contribution < -0.4 is 15.8 Å². The first-order valence-electron chi connectivity index (χ1n) is 6.23. The van der Waals surface area contributed by atoms with Gasteiger partial charge in [0.15, 0.2) is 0 Å². The maximum atomic E-state index is 12.4. The molecule has 0 saturated carbocycles. The number of urea groups is 1. The van der Waals surface area contributed by atoms with Crippen molar-refractivity contribution >= 4 is 39.0 Å². The van der Waals surface area contributed by atoms with Crippen LogP contribution in [0.2, 0.25) is 5.02 Å². The smallest absolute Gasteiger partial charge is 0.316 e. The van der Waals surface area contributed by atoms with Crippen LogP contribution in [0.15, 0.2) is 47.4 Å². The molecule has 2 aromatic rings. The lowest BCUT2D eigenvalue weighted by Crippen LogP contribution is -2.19. The largest absolute Gasteiger partial charge is 0.351 e. The van der Waals surface area contributed by atoms with Gasteiger partial charge in [0.2, 0.25) is 0 Å². The summed E-state index contributed by atoms with van der Waals surface area (Å²) in [4.78, 5) is 11.0. The Morgan fingerprint density at radius 2 is 1.82 bits per heavy atom. The molecule has 0 aromatic heterocycles. The molecular weight excluding hydrogens is 326 g/mol. The van der Waals surface area contributed by atoms with E-state index < -0.39 is 16.1 Å². The Bertz CT molecular complexity index is 822. The molecule has 0 aliphatic rings. The highest BCUT2D eigenvalue weighted by Crippen LogP contribution is 2.23. The Balaban J connectivity index is 2.30. The Hall–Kier alpha value is -2.25. The van der Waals surface area contributed by atoms with E-state index in [4.69, 9.17) is 17.3 Å². The number of benzene rings is 2. The van der Waals surface area contributed by atoms with E-state index in [-0.39, 0.29) is 4.90 Å². The number of aryl methyl sites for hydroxylation is 1. The van der Waals surface area contributed by atoms with Crippen molar-refractivity contribution in [3.63, 3.8) is 0 Å². The number of nitrogens with one attached hydrogen (secondary N) is 2. The zero-order valence-electron chi connectivity index (χ0n) is 11.6. The molecule has 116 valence electrons. The van der Waals surface area contributed by atoms with Crippen molar-refractivity contribution in [3.05, 3.63) is 53.1 Å². The fourth-order valence-electron chi connectivity index (χ4n) is 1.93. The number of hydrogen-bond donors (Lipinski definition) is 3. The van der Waals surface area contributed by atoms with Gasteiger partial charge >= 0.3 is 6.03 Å². The van der Waals surface area contributed by atoms with Crippen molar-refractivity contribution < 1.29 is 13.2 Å². The summed E-state index contributed by atoms with van der Waals surface area (Å²) in [6, 6.07) is 10.0. The van der Waals surface area contributed by atoms with Gasteiger partial charge in [0.05, 0.1) is 10.6 Å². The number of primary amides is 1. The van der Waals surface area contributed by atoms with Gasteiger partial charge in [0.25, 0.3) is 10.0 Å². The first-order valence-corrected chi connectivity index (χ1v) is 8.09. The van der Waals surface area contributed by atoms with Crippen LogP contribution in [-0.4, -0.2) is 14.4 Å². The number of anilines is 2. The molecule has 0 heterocycles. The molecule has 0 aliphatic heterocycles. The second-order valence-electron chi connectivity index (χ2n) is 4.59. The number of nitrogens with two attached hydrogens (primary N) is 1. The molecule has 8 heteroatoms. The molecule has 0 aliphatic carbocycles. The molecule has 6 nitrogen and oxygen atoms in total. The molecule has 0 bridgehead atoms. The predicted octanol–water partition coefficient (Wildman–Crippen LogP) is 2.94. The lowest BCUT2D eigenvalue weighted by atomic mass is 10.2. The van der Waals surface area contributed by atoms with Crippen molar-refractivity contribution in [1.82, 2.24) is 0 Å². The average Bonchev–Trinajstić information content (AvgIpc) is 2.36. The molecule has 0 spiro atoms. The summed E-state index contributed by atoms with van der Waals surface area (Å²) in [7, 11) is -3.76. The third-order valence-electron chi connectivity index (χ3n) is 2.81. The van der Waals surface area contributed by atoms with E-state index in [9.17, 15) is 13.2 Å². The number of halogens is 1. The first-order chi connectivity index (χ1) is 10.3. The normalized spacial score (nSPS) is 11.0. The summed E-state index contributed by atoms with van der Waals surface area (Å²) in [6.45, 7) is 1.66. The van der Waals surface area contributed by atoms with Crippen LogP contribution in [0.5, 0.6) is 0 Å². The summed E-state index contributed by atoms with van der Waals surface area (Å²) >= 11 is 5.83. The summed E-state index contributed by atoms with van der Waals surface area (Å²) in [6.07, 6.45) is 0. The van der Waals surface area contributed by atoms with Gasteiger partial charge in [0, 0.05) is 10.7 Å². The van der Waals surface area contributed by atoms with Crippen LogP contribution in [0, 0.1) is 6.92 Å². The lowest BCUT2D eigenvalue weighted by molar-refractivity contribution is 0.259. The zero-order valence-corrected chi connectivity index (χ0v) is 13.2. The topological polar surface area (TPSA) is 101 Å². The minimum Gasteiger partial charge on any atom is -0.351 e. The predicted molar refractivity (Wildman–Crippen MR) is 86.6 cm³/mol. The Morgan fingerprint density at radius 1 is 1.14 bits per heavy atom. The molecule has 2 rings (SSSR count). The number of amides is 2. The van der Waals surface area contributed by atoms with E-state index in [2.05, 4.69) is 10.0 Å². The van der Waals surface area contributed by atoms with E-state index >= 15 is 0 Å². The van der Waals surface area contributed by atoms with Gasteiger partial charge in [0.1, 0.15) is 0 Å². The molecule has 2 amide bonds. The van der Waals surface area contributed by atoms with Crippen LogP contribution in [0.4, 0.5) is 16.2 Å². The van der Waals surface area contributed by atoms with Gasteiger partial charge in [-0.25, -0.2) is 13.2 Å². The van der Waals surface area contributed by atoms with Crippen LogP contribution in [0.25, 0.3) is 0 Å². The highest BCUT2D eigenvalue weighted by molar-refractivity contribution is 7.92. The van der Waals surface area contributed by atoms with Crippen LogP contribution >= 0.6 is 11.6 Å². The maximum absolute atomic E-state index is 12.4. The monoisotopic (exact) mass is 339 g/mol. The number of carbonyl (C=O) groups excluding carboxylic acids is 1. The molecule has 0 fully saturated rings. The van der Waals surface area contributed by atoms with E-state index in [0.29, 0.717) is 22.0 Å². The average molecular weight is 340 g/mol. The number of hydrogen-bond acceptors (Lipinski definition) is 3. The van der Waals surface area contributed by atoms with Crippen molar-refractivity contribution in [3.8, 4) is 0 Å². The van der Waals surface area contributed by atoms with Crippen LogP contribution in [0.1, 0.15) is 5.56 Å². The molecule has 0 unspecified atom stereocenters. The van der Waals surface area contributed by atoms with Gasteiger partial charge in [-0.3, -0.25) is 4.72 Å². The lowest BCUT2D eigenvalue weighted by Gasteiger charge is -2.11. The van der Waals surface area contributed by atoms with Crippen LogP contribution in [0.3, 0.4) is 0 Å². The van der Waals surface area contributed by atoms with Crippen molar-refractivity contribution in [2.24, 2.45) is 5.73 Å². The SMILES string of the molecule is Cc1cc(Cl)ccc1S(=O)(=O)Nc1cccc(NC(N)=O)c1. The van der Waals surface area contributed by atoms with Gasteiger partial charge in [-0.05, 0) is 48.9 Å². The van der Waals surface area contributed by atoms with Gasteiger partial charge in [-0.15, -0.1) is 0 Å². The van der Waals surface area contributed by atoms with E-state index in [1.165, 1.54) is 18.2 Å². The fraction of sp³-hybridized carbons (Fsp3) is 0.0714. The summed E-state index contributed by atoms with van der Waals surface area (Å²) in [5.41, 5.74) is 6.25.